The summed E-state index contributed by atoms with van der Waals surface area (Å²) in [5.41, 5.74) is 2.64. The van der Waals surface area contributed by atoms with Crippen molar-refractivity contribution in [2.45, 2.75) is 6.42 Å². The Labute approximate surface area is 116 Å². The van der Waals surface area contributed by atoms with Crippen molar-refractivity contribution in [2.24, 2.45) is 0 Å². The first kappa shape index (κ1) is 11.2. The predicted octanol–water partition coefficient (Wildman–Crippen LogP) is 4.02. The summed E-state index contributed by atoms with van der Waals surface area (Å²) in [5, 5.41) is 13.9. The molecule has 0 saturated heterocycles. The van der Waals surface area contributed by atoms with Gasteiger partial charge in [-0.3, -0.25) is 0 Å². The lowest BCUT2D eigenvalue weighted by Gasteiger charge is -2.07. The lowest BCUT2D eigenvalue weighted by molar-refractivity contribution is -0.132. The quantitative estimate of drug-likeness (QED) is 0.671. The standard InChI is InChI=1S/C18H12O2/c19-18(20)15-8-14-6-5-13-7-11-3-1-2-4-12(11)9-16(13)17(14)10-15/h1-9H,10H2,(H,19,20). The minimum Gasteiger partial charge on any atom is -0.478 e. The number of carbonyl (C=O) groups is 1. The van der Waals surface area contributed by atoms with Crippen LogP contribution in [-0.2, 0) is 11.2 Å². The van der Waals surface area contributed by atoms with Crippen molar-refractivity contribution in [1.82, 2.24) is 0 Å². The van der Waals surface area contributed by atoms with Crippen LogP contribution in [0.5, 0.6) is 0 Å². The molecule has 0 unspecified atom stereocenters. The molecule has 1 aliphatic rings. The summed E-state index contributed by atoms with van der Waals surface area (Å²) in [5.74, 6) is -0.824. The highest BCUT2D eigenvalue weighted by atomic mass is 16.4. The van der Waals surface area contributed by atoms with E-state index in [2.05, 4.69) is 30.3 Å². The third-order valence-electron chi connectivity index (χ3n) is 4.01. The number of aliphatic carboxylic acids is 1. The van der Waals surface area contributed by atoms with E-state index >= 15 is 0 Å². The average molecular weight is 260 g/mol. The van der Waals surface area contributed by atoms with E-state index in [1.54, 1.807) is 6.08 Å². The number of benzene rings is 3. The molecule has 0 amide bonds. The van der Waals surface area contributed by atoms with Gasteiger partial charge in [0.05, 0.1) is 0 Å². The van der Waals surface area contributed by atoms with Crippen LogP contribution in [0.4, 0.5) is 0 Å². The van der Waals surface area contributed by atoms with Gasteiger partial charge in [0.2, 0.25) is 0 Å². The molecule has 2 heteroatoms. The zero-order valence-electron chi connectivity index (χ0n) is 10.8. The van der Waals surface area contributed by atoms with E-state index in [0.29, 0.717) is 12.0 Å². The Kier molecular flexibility index (Phi) is 2.21. The third-order valence-corrected chi connectivity index (χ3v) is 4.01. The van der Waals surface area contributed by atoms with Gasteiger partial charge in [-0.2, -0.15) is 0 Å². The van der Waals surface area contributed by atoms with E-state index in [1.807, 2.05) is 18.2 Å². The van der Waals surface area contributed by atoms with Gasteiger partial charge in [0.1, 0.15) is 0 Å². The molecular formula is C18H12O2. The second-order valence-corrected chi connectivity index (χ2v) is 5.21. The molecule has 1 aliphatic carbocycles. The molecule has 0 spiro atoms. The van der Waals surface area contributed by atoms with Gasteiger partial charge in [0.15, 0.2) is 0 Å². The Hall–Kier alpha value is -2.61. The Balaban J connectivity index is 2.01. The highest BCUT2D eigenvalue weighted by molar-refractivity contribution is 6.04. The Morgan fingerprint density at radius 3 is 2.45 bits per heavy atom. The Morgan fingerprint density at radius 2 is 1.70 bits per heavy atom. The van der Waals surface area contributed by atoms with Crippen LogP contribution in [0.2, 0.25) is 0 Å². The highest BCUT2D eigenvalue weighted by Crippen LogP contribution is 2.34. The van der Waals surface area contributed by atoms with Gasteiger partial charge < -0.3 is 5.11 Å². The molecule has 3 aromatic carbocycles. The molecule has 0 bridgehead atoms. The van der Waals surface area contributed by atoms with E-state index in [4.69, 9.17) is 5.11 Å². The van der Waals surface area contributed by atoms with E-state index in [-0.39, 0.29) is 0 Å². The van der Waals surface area contributed by atoms with Crippen molar-refractivity contribution in [1.29, 1.82) is 0 Å². The molecule has 0 atom stereocenters. The minimum atomic E-state index is -0.824. The minimum absolute atomic E-state index is 0.473. The van der Waals surface area contributed by atoms with Gasteiger partial charge in [0, 0.05) is 12.0 Å². The maximum absolute atomic E-state index is 11.2. The van der Waals surface area contributed by atoms with Gasteiger partial charge in [0.25, 0.3) is 0 Å². The molecule has 0 saturated carbocycles. The number of rotatable bonds is 1. The molecule has 2 nitrogen and oxygen atoms in total. The van der Waals surface area contributed by atoms with Crippen molar-refractivity contribution in [2.75, 3.05) is 0 Å². The van der Waals surface area contributed by atoms with E-state index in [1.165, 1.54) is 16.2 Å². The molecule has 96 valence electrons. The smallest absolute Gasteiger partial charge is 0.331 e. The summed E-state index contributed by atoms with van der Waals surface area (Å²) in [7, 11) is 0. The Morgan fingerprint density at radius 1 is 0.950 bits per heavy atom. The number of fused-ring (bicyclic) bond motifs is 4. The SMILES string of the molecule is O=C(O)C1=Cc2ccc3cc4ccccc4cc3c2C1. The summed E-state index contributed by atoms with van der Waals surface area (Å²) >= 11 is 0. The molecular weight excluding hydrogens is 248 g/mol. The fourth-order valence-electron chi connectivity index (χ4n) is 2.99. The maximum atomic E-state index is 11.2. The molecule has 3 aromatic rings. The Bertz CT molecular complexity index is 904. The lowest BCUT2D eigenvalue weighted by Crippen LogP contribution is -1.99. The van der Waals surface area contributed by atoms with Crippen molar-refractivity contribution in [3.63, 3.8) is 0 Å². The molecule has 4 rings (SSSR count). The average Bonchev–Trinajstić information content (AvgIpc) is 2.90. The summed E-state index contributed by atoms with van der Waals surface area (Å²) in [6.45, 7) is 0. The number of hydrogen-bond donors (Lipinski definition) is 1. The van der Waals surface area contributed by atoms with E-state index in [9.17, 15) is 4.79 Å². The molecule has 1 N–H and O–H groups in total. The van der Waals surface area contributed by atoms with Crippen LogP contribution in [0.25, 0.3) is 27.6 Å². The topological polar surface area (TPSA) is 37.3 Å². The first-order valence-electron chi connectivity index (χ1n) is 6.60. The largest absolute Gasteiger partial charge is 0.478 e. The lowest BCUT2D eigenvalue weighted by atomic mass is 9.96. The summed E-state index contributed by atoms with van der Waals surface area (Å²) in [6, 6.07) is 16.7. The maximum Gasteiger partial charge on any atom is 0.331 e. The van der Waals surface area contributed by atoms with Crippen molar-refractivity contribution >= 4 is 33.6 Å². The fourth-order valence-corrected chi connectivity index (χ4v) is 2.99. The first-order chi connectivity index (χ1) is 9.72. The van der Waals surface area contributed by atoms with Gasteiger partial charge in [-0.15, -0.1) is 0 Å². The van der Waals surface area contributed by atoms with Crippen LogP contribution in [0.3, 0.4) is 0 Å². The summed E-state index contributed by atoms with van der Waals surface area (Å²) < 4.78 is 0. The van der Waals surface area contributed by atoms with Gasteiger partial charge in [-0.05, 0) is 50.9 Å². The molecule has 20 heavy (non-hydrogen) atoms. The van der Waals surface area contributed by atoms with Crippen LogP contribution in [-0.4, -0.2) is 11.1 Å². The second kappa shape index (κ2) is 3.94. The zero-order chi connectivity index (χ0) is 13.7. The second-order valence-electron chi connectivity index (χ2n) is 5.21. The zero-order valence-corrected chi connectivity index (χ0v) is 10.8. The summed E-state index contributed by atoms with van der Waals surface area (Å²) in [6.07, 6.45) is 2.30. The predicted molar refractivity (Wildman–Crippen MR) is 80.8 cm³/mol. The summed E-state index contributed by atoms with van der Waals surface area (Å²) in [4.78, 5) is 11.2. The molecule has 0 heterocycles. The van der Waals surface area contributed by atoms with Crippen molar-refractivity contribution in [3.05, 3.63) is 65.2 Å². The number of hydrogen-bond acceptors (Lipinski definition) is 1. The van der Waals surface area contributed by atoms with Gasteiger partial charge >= 0.3 is 5.97 Å². The van der Waals surface area contributed by atoms with E-state index in [0.717, 1.165) is 16.5 Å². The monoisotopic (exact) mass is 260 g/mol. The normalized spacial score (nSPS) is 13.5. The van der Waals surface area contributed by atoms with Gasteiger partial charge in [-0.1, -0.05) is 36.4 Å². The fraction of sp³-hybridized carbons (Fsp3) is 0.0556. The van der Waals surface area contributed by atoms with Crippen molar-refractivity contribution in [3.8, 4) is 0 Å². The van der Waals surface area contributed by atoms with Crippen LogP contribution < -0.4 is 0 Å². The van der Waals surface area contributed by atoms with Crippen LogP contribution in [0.15, 0.2) is 54.1 Å². The molecule has 0 radical (unpaired) electrons. The van der Waals surface area contributed by atoms with Crippen LogP contribution >= 0.6 is 0 Å². The van der Waals surface area contributed by atoms with Gasteiger partial charge in [-0.25, -0.2) is 4.79 Å². The van der Waals surface area contributed by atoms with Crippen LogP contribution in [0.1, 0.15) is 11.1 Å². The third kappa shape index (κ3) is 1.55. The molecule has 0 fully saturated rings. The molecule has 0 aliphatic heterocycles. The highest BCUT2D eigenvalue weighted by Gasteiger charge is 2.19. The van der Waals surface area contributed by atoms with E-state index < -0.39 is 5.97 Å². The number of carboxylic acid groups (broad SMARTS) is 1. The number of carboxylic acids is 1. The first-order valence-corrected chi connectivity index (χ1v) is 6.60. The van der Waals surface area contributed by atoms with Crippen LogP contribution in [0, 0.1) is 0 Å². The van der Waals surface area contributed by atoms with Crippen molar-refractivity contribution < 1.29 is 9.90 Å². The molecule has 0 aromatic heterocycles.